The molecule has 5 heteroatoms. The van der Waals surface area contributed by atoms with E-state index in [1.807, 2.05) is 42.5 Å². The fraction of sp³-hybridized carbons (Fsp3) is 0.364. The maximum atomic E-state index is 12.7. The summed E-state index contributed by atoms with van der Waals surface area (Å²) >= 11 is 0. The molecule has 2 aliphatic rings. The molecule has 4 rings (SSSR count). The summed E-state index contributed by atoms with van der Waals surface area (Å²) in [6.45, 7) is 0.159. The summed E-state index contributed by atoms with van der Waals surface area (Å²) in [6.07, 6.45) is 2.76. The Balaban J connectivity index is 1.32. The van der Waals surface area contributed by atoms with E-state index in [1.54, 1.807) is 11.9 Å². The highest BCUT2D eigenvalue weighted by Crippen LogP contribution is 2.36. The molecule has 1 saturated carbocycles. The highest BCUT2D eigenvalue weighted by Gasteiger charge is 2.37. The molecule has 2 aromatic carbocycles. The van der Waals surface area contributed by atoms with Gasteiger partial charge in [-0.2, -0.15) is 0 Å². The second kappa shape index (κ2) is 7.43. The van der Waals surface area contributed by atoms with E-state index in [1.165, 1.54) is 5.56 Å². The molecule has 0 aromatic heterocycles. The van der Waals surface area contributed by atoms with E-state index in [4.69, 9.17) is 4.74 Å². The Hall–Kier alpha value is -2.82. The van der Waals surface area contributed by atoms with Crippen molar-refractivity contribution >= 4 is 17.5 Å². The molecule has 1 fully saturated rings. The first kappa shape index (κ1) is 17.6. The molecule has 0 spiro atoms. The van der Waals surface area contributed by atoms with E-state index >= 15 is 0 Å². The molecule has 0 saturated heterocycles. The van der Waals surface area contributed by atoms with Gasteiger partial charge in [0.1, 0.15) is 18.4 Å². The third-order valence-corrected chi connectivity index (χ3v) is 5.55. The van der Waals surface area contributed by atoms with Gasteiger partial charge >= 0.3 is 0 Å². The molecule has 1 aliphatic carbocycles. The van der Waals surface area contributed by atoms with E-state index in [0.717, 1.165) is 24.9 Å². The Kier molecular flexibility index (Phi) is 4.84. The third-order valence-electron chi connectivity index (χ3n) is 5.55. The van der Waals surface area contributed by atoms with Gasteiger partial charge in [0, 0.05) is 13.0 Å². The van der Waals surface area contributed by atoms with Crippen LogP contribution in [0.25, 0.3) is 0 Å². The number of nitrogens with zero attached hydrogens (tertiary/aromatic N) is 1. The van der Waals surface area contributed by atoms with E-state index in [2.05, 4.69) is 17.4 Å². The second-order valence-electron chi connectivity index (χ2n) is 7.46. The number of amides is 2. The molecule has 0 radical (unpaired) electrons. The average Bonchev–Trinajstić information content (AvgIpc) is 2.77. The van der Waals surface area contributed by atoms with Crippen molar-refractivity contribution in [1.29, 1.82) is 0 Å². The number of likely N-dealkylation sites (N-methyl/N-ethyl adjacent to an activating group) is 1. The zero-order chi connectivity index (χ0) is 18.8. The van der Waals surface area contributed by atoms with Crippen LogP contribution in [0.5, 0.6) is 5.75 Å². The molecule has 1 N–H and O–H groups in total. The van der Waals surface area contributed by atoms with Gasteiger partial charge in [0.15, 0.2) is 0 Å². The summed E-state index contributed by atoms with van der Waals surface area (Å²) in [7, 11) is 1.72. The molecule has 1 heterocycles. The number of anilines is 1. The number of rotatable bonds is 4. The van der Waals surface area contributed by atoms with Crippen molar-refractivity contribution in [3.8, 4) is 5.75 Å². The predicted octanol–water partition coefficient (Wildman–Crippen LogP) is 2.80. The van der Waals surface area contributed by atoms with Gasteiger partial charge in [0.05, 0.1) is 5.69 Å². The van der Waals surface area contributed by atoms with Crippen molar-refractivity contribution in [2.45, 2.75) is 25.3 Å². The molecule has 1 aliphatic heterocycles. The molecule has 27 heavy (non-hydrogen) atoms. The minimum absolute atomic E-state index is 0.0116. The van der Waals surface area contributed by atoms with Gasteiger partial charge in [-0.05, 0) is 42.9 Å². The number of fused-ring (bicyclic) bond motifs is 1. The number of carbonyl (C=O) groups excluding carboxylic acids is 2. The summed E-state index contributed by atoms with van der Waals surface area (Å²) in [4.78, 5) is 26.9. The molecule has 0 bridgehead atoms. The quantitative estimate of drug-likeness (QED) is 0.908. The van der Waals surface area contributed by atoms with Crippen LogP contribution in [0.4, 0.5) is 5.69 Å². The van der Waals surface area contributed by atoms with Gasteiger partial charge in [-0.15, -0.1) is 0 Å². The number of hydrogen-bond acceptors (Lipinski definition) is 3. The molecule has 0 unspecified atom stereocenters. The number of benzene rings is 2. The van der Waals surface area contributed by atoms with Crippen molar-refractivity contribution in [2.75, 3.05) is 18.6 Å². The van der Waals surface area contributed by atoms with Gasteiger partial charge in [-0.1, -0.05) is 42.5 Å². The van der Waals surface area contributed by atoms with Gasteiger partial charge in [-0.25, -0.2) is 0 Å². The monoisotopic (exact) mass is 364 g/mol. The fourth-order valence-electron chi connectivity index (χ4n) is 3.91. The SMILES string of the molecule is CN1C(=O)[C@@H](NC(=O)C2CC(Cc3ccccc3)C2)COc2ccccc21. The molecular formula is C22H24N2O3. The topological polar surface area (TPSA) is 58.6 Å². The van der Waals surface area contributed by atoms with Crippen LogP contribution in [0.15, 0.2) is 54.6 Å². The minimum atomic E-state index is -0.650. The van der Waals surface area contributed by atoms with Gasteiger partial charge < -0.3 is 15.0 Å². The maximum Gasteiger partial charge on any atom is 0.252 e. The maximum absolute atomic E-state index is 12.7. The first-order valence-corrected chi connectivity index (χ1v) is 9.45. The number of hydrogen-bond donors (Lipinski definition) is 1. The highest BCUT2D eigenvalue weighted by atomic mass is 16.5. The zero-order valence-corrected chi connectivity index (χ0v) is 15.4. The van der Waals surface area contributed by atoms with Crippen LogP contribution in [-0.2, 0) is 16.0 Å². The van der Waals surface area contributed by atoms with Crippen LogP contribution in [0, 0.1) is 11.8 Å². The van der Waals surface area contributed by atoms with E-state index in [0.29, 0.717) is 11.7 Å². The largest absolute Gasteiger partial charge is 0.489 e. The Morgan fingerprint density at radius 2 is 1.81 bits per heavy atom. The Bertz CT molecular complexity index is 830. The number of para-hydroxylation sites is 2. The van der Waals surface area contributed by atoms with Crippen molar-refractivity contribution in [3.05, 3.63) is 60.2 Å². The first-order valence-electron chi connectivity index (χ1n) is 9.45. The van der Waals surface area contributed by atoms with Gasteiger partial charge in [0.25, 0.3) is 5.91 Å². The van der Waals surface area contributed by atoms with Gasteiger partial charge in [-0.3, -0.25) is 9.59 Å². The smallest absolute Gasteiger partial charge is 0.252 e. The van der Waals surface area contributed by atoms with Crippen molar-refractivity contribution in [3.63, 3.8) is 0 Å². The summed E-state index contributed by atoms with van der Waals surface area (Å²) < 4.78 is 5.76. The van der Waals surface area contributed by atoms with Gasteiger partial charge in [0.2, 0.25) is 5.91 Å². The predicted molar refractivity (Wildman–Crippen MR) is 104 cm³/mol. The molecule has 1 atom stereocenters. The molecule has 140 valence electrons. The van der Waals surface area contributed by atoms with E-state index in [9.17, 15) is 9.59 Å². The number of ether oxygens (including phenoxy) is 1. The Labute approximate surface area is 159 Å². The van der Waals surface area contributed by atoms with Crippen molar-refractivity contribution in [2.24, 2.45) is 11.8 Å². The van der Waals surface area contributed by atoms with Crippen LogP contribution in [-0.4, -0.2) is 31.5 Å². The molecule has 2 amide bonds. The van der Waals surface area contributed by atoms with Crippen LogP contribution < -0.4 is 15.0 Å². The average molecular weight is 364 g/mol. The number of nitrogens with one attached hydrogen (secondary N) is 1. The van der Waals surface area contributed by atoms with E-state index in [-0.39, 0.29) is 24.3 Å². The van der Waals surface area contributed by atoms with Crippen LogP contribution in [0.2, 0.25) is 0 Å². The first-order chi connectivity index (χ1) is 13.1. The lowest BCUT2D eigenvalue weighted by molar-refractivity contribution is -0.133. The van der Waals surface area contributed by atoms with Crippen LogP contribution in [0.3, 0.4) is 0 Å². The fourth-order valence-corrected chi connectivity index (χ4v) is 3.91. The Morgan fingerprint density at radius 3 is 2.59 bits per heavy atom. The van der Waals surface area contributed by atoms with Crippen LogP contribution >= 0.6 is 0 Å². The standard InChI is InChI=1S/C22H24N2O3/c1-24-19-9-5-6-10-20(19)27-14-18(22(24)26)23-21(25)17-12-16(13-17)11-15-7-3-2-4-8-15/h2-10,16-18H,11-14H2,1H3,(H,23,25)/t16?,17?,18-/m0/s1. The minimum Gasteiger partial charge on any atom is -0.489 e. The molecular weight excluding hydrogens is 340 g/mol. The van der Waals surface area contributed by atoms with E-state index < -0.39 is 6.04 Å². The summed E-state index contributed by atoms with van der Waals surface area (Å²) in [5.74, 6) is 1.00. The van der Waals surface area contributed by atoms with Crippen LogP contribution in [0.1, 0.15) is 18.4 Å². The van der Waals surface area contributed by atoms with Crippen molar-refractivity contribution < 1.29 is 14.3 Å². The molecule has 2 aromatic rings. The summed E-state index contributed by atoms with van der Waals surface area (Å²) in [5.41, 5.74) is 2.04. The second-order valence-corrected chi connectivity index (χ2v) is 7.46. The molecule has 5 nitrogen and oxygen atoms in total. The summed E-state index contributed by atoms with van der Waals surface area (Å²) in [6, 6.07) is 17.1. The van der Waals surface area contributed by atoms with Crippen molar-refractivity contribution in [1.82, 2.24) is 5.32 Å². The third kappa shape index (κ3) is 3.68. The number of carbonyl (C=O) groups is 2. The summed E-state index contributed by atoms with van der Waals surface area (Å²) in [5, 5.41) is 2.91. The lowest BCUT2D eigenvalue weighted by atomic mass is 9.71. The normalized spacial score (nSPS) is 24.3. The lowest BCUT2D eigenvalue weighted by Gasteiger charge is -2.35. The Morgan fingerprint density at radius 1 is 1.11 bits per heavy atom. The highest BCUT2D eigenvalue weighted by molar-refractivity contribution is 6.00. The lowest BCUT2D eigenvalue weighted by Crippen LogP contribution is -2.52. The zero-order valence-electron chi connectivity index (χ0n) is 15.4.